The second-order valence-corrected chi connectivity index (χ2v) is 5.88. The second kappa shape index (κ2) is 5.85. The van der Waals surface area contributed by atoms with Crippen molar-refractivity contribution >= 4 is 0 Å². The minimum Gasteiger partial charge on any atom is -0.319 e. The minimum atomic E-state index is 0.567. The average molecular weight is 246 g/mol. The lowest BCUT2D eigenvalue weighted by atomic mass is 10.0. The molecule has 18 heavy (non-hydrogen) atoms. The Balaban J connectivity index is 1.70. The predicted molar refractivity (Wildman–Crippen MR) is 78.1 cm³/mol. The maximum atomic E-state index is 3.62. The van der Waals surface area contributed by atoms with Crippen LogP contribution in [0.1, 0.15) is 29.5 Å². The number of hydrogen-bond donors (Lipinski definition) is 2. The van der Waals surface area contributed by atoms with Gasteiger partial charge in [0.05, 0.1) is 0 Å². The number of benzene rings is 1. The molecule has 100 valence electrons. The molecule has 1 aliphatic rings. The van der Waals surface area contributed by atoms with Crippen LogP contribution in [-0.2, 0) is 6.42 Å². The zero-order valence-corrected chi connectivity index (χ0v) is 12.0. The van der Waals surface area contributed by atoms with E-state index < -0.39 is 0 Å². The number of nitrogens with one attached hydrogen (secondary N) is 2. The van der Waals surface area contributed by atoms with Gasteiger partial charge in [-0.05, 0) is 68.8 Å². The first-order valence-electron chi connectivity index (χ1n) is 7.07. The van der Waals surface area contributed by atoms with Gasteiger partial charge in [0.25, 0.3) is 0 Å². The topological polar surface area (TPSA) is 24.1 Å². The lowest BCUT2D eigenvalue weighted by Crippen LogP contribution is -2.32. The number of rotatable bonds is 7. The lowest BCUT2D eigenvalue weighted by molar-refractivity contribution is 0.441. The van der Waals surface area contributed by atoms with Crippen LogP contribution < -0.4 is 10.6 Å². The highest BCUT2D eigenvalue weighted by atomic mass is 14.9. The molecule has 0 saturated heterocycles. The Morgan fingerprint density at radius 1 is 1.11 bits per heavy atom. The largest absolute Gasteiger partial charge is 0.319 e. The Bertz CT molecular complexity index is 394. The Morgan fingerprint density at radius 2 is 1.89 bits per heavy atom. The third-order valence-electron chi connectivity index (χ3n) is 4.17. The Kier molecular flexibility index (Phi) is 4.41. The molecule has 1 aromatic carbocycles. The summed E-state index contributed by atoms with van der Waals surface area (Å²) in [5.41, 5.74) is 4.81. The fourth-order valence-electron chi connectivity index (χ4n) is 2.51. The van der Waals surface area contributed by atoms with Gasteiger partial charge in [0, 0.05) is 13.1 Å². The van der Waals surface area contributed by atoms with Crippen LogP contribution in [-0.4, -0.2) is 26.7 Å². The Morgan fingerprint density at radius 3 is 2.50 bits per heavy atom. The summed E-state index contributed by atoms with van der Waals surface area (Å²) in [5.74, 6) is 0. The first-order chi connectivity index (χ1) is 8.65. The van der Waals surface area contributed by atoms with Gasteiger partial charge >= 0.3 is 0 Å². The van der Waals surface area contributed by atoms with Gasteiger partial charge in [0.2, 0.25) is 0 Å². The lowest BCUT2D eigenvalue weighted by Gasteiger charge is -2.15. The van der Waals surface area contributed by atoms with Crippen LogP contribution >= 0.6 is 0 Å². The smallest absolute Gasteiger partial charge is 0.00201 e. The average Bonchev–Trinajstić information content (AvgIpc) is 3.10. The van der Waals surface area contributed by atoms with Gasteiger partial charge in [-0.25, -0.2) is 0 Å². The van der Waals surface area contributed by atoms with E-state index in [1.54, 1.807) is 0 Å². The molecule has 1 saturated carbocycles. The van der Waals surface area contributed by atoms with E-state index in [1.165, 1.54) is 36.1 Å². The molecule has 0 bridgehead atoms. The normalized spacial score (nSPS) is 16.8. The summed E-state index contributed by atoms with van der Waals surface area (Å²) in [6.45, 7) is 7.78. The van der Waals surface area contributed by atoms with E-state index in [4.69, 9.17) is 0 Å². The number of aryl methyl sites for hydroxylation is 2. The summed E-state index contributed by atoms with van der Waals surface area (Å²) in [4.78, 5) is 0. The van der Waals surface area contributed by atoms with E-state index >= 15 is 0 Å². The van der Waals surface area contributed by atoms with E-state index in [-0.39, 0.29) is 0 Å². The molecule has 2 heteroatoms. The molecule has 0 unspecified atom stereocenters. The van der Waals surface area contributed by atoms with Gasteiger partial charge in [0.1, 0.15) is 0 Å². The van der Waals surface area contributed by atoms with Crippen molar-refractivity contribution in [1.29, 1.82) is 0 Å². The van der Waals surface area contributed by atoms with Crippen molar-refractivity contribution in [3.05, 3.63) is 34.9 Å². The van der Waals surface area contributed by atoms with Crippen LogP contribution in [0, 0.1) is 19.3 Å². The molecule has 2 rings (SSSR count). The fraction of sp³-hybridized carbons (Fsp3) is 0.625. The quantitative estimate of drug-likeness (QED) is 0.722. The zero-order chi connectivity index (χ0) is 13.0. The predicted octanol–water partition coefficient (Wildman–Crippen LogP) is 2.44. The molecular weight excluding hydrogens is 220 g/mol. The zero-order valence-electron chi connectivity index (χ0n) is 12.0. The molecular formula is C16H26N2. The van der Waals surface area contributed by atoms with Crippen LogP contribution in [0.5, 0.6) is 0 Å². The molecule has 0 aromatic heterocycles. The molecule has 0 spiro atoms. The summed E-state index contributed by atoms with van der Waals surface area (Å²) >= 11 is 0. The molecule has 1 aliphatic carbocycles. The van der Waals surface area contributed by atoms with Crippen molar-refractivity contribution in [3.63, 3.8) is 0 Å². The van der Waals surface area contributed by atoms with Gasteiger partial charge in [-0.2, -0.15) is 0 Å². The van der Waals surface area contributed by atoms with E-state index in [1.807, 2.05) is 0 Å². The molecule has 2 N–H and O–H groups in total. The summed E-state index contributed by atoms with van der Waals surface area (Å²) in [7, 11) is 2.05. The van der Waals surface area contributed by atoms with E-state index in [9.17, 15) is 0 Å². The summed E-state index contributed by atoms with van der Waals surface area (Å²) in [6.07, 6.45) is 3.89. The second-order valence-electron chi connectivity index (χ2n) is 5.88. The van der Waals surface area contributed by atoms with Crippen LogP contribution in [0.4, 0.5) is 0 Å². The first kappa shape index (κ1) is 13.6. The van der Waals surface area contributed by atoms with Crippen LogP contribution in [0.25, 0.3) is 0 Å². The first-order valence-corrected chi connectivity index (χ1v) is 7.07. The number of hydrogen-bond acceptors (Lipinski definition) is 2. The van der Waals surface area contributed by atoms with Crippen molar-refractivity contribution in [2.24, 2.45) is 5.41 Å². The maximum absolute atomic E-state index is 3.62. The van der Waals surface area contributed by atoms with Gasteiger partial charge in [-0.3, -0.25) is 0 Å². The summed E-state index contributed by atoms with van der Waals surface area (Å²) < 4.78 is 0. The Labute approximate surface area is 111 Å². The van der Waals surface area contributed by atoms with Crippen molar-refractivity contribution < 1.29 is 0 Å². The van der Waals surface area contributed by atoms with E-state index in [2.05, 4.69) is 49.7 Å². The summed E-state index contributed by atoms with van der Waals surface area (Å²) in [6, 6.07) is 6.80. The van der Waals surface area contributed by atoms with Crippen LogP contribution in [0.15, 0.2) is 18.2 Å². The minimum absolute atomic E-state index is 0.567. The highest BCUT2D eigenvalue weighted by Gasteiger charge is 2.41. The molecule has 0 radical (unpaired) electrons. The van der Waals surface area contributed by atoms with Crippen molar-refractivity contribution in [2.75, 3.05) is 26.7 Å². The molecule has 0 heterocycles. The molecule has 2 nitrogen and oxygen atoms in total. The van der Waals surface area contributed by atoms with Crippen molar-refractivity contribution in [3.8, 4) is 0 Å². The molecule has 1 fully saturated rings. The molecule has 1 aromatic rings. The SMILES string of the molecule is CNCC1(CNCCc2ccc(C)c(C)c2)CC1. The van der Waals surface area contributed by atoms with Gasteiger partial charge < -0.3 is 10.6 Å². The third kappa shape index (κ3) is 3.56. The summed E-state index contributed by atoms with van der Waals surface area (Å²) in [5, 5.41) is 6.92. The van der Waals surface area contributed by atoms with Gasteiger partial charge in [-0.15, -0.1) is 0 Å². The standard InChI is InChI=1S/C16H26N2/c1-13-4-5-15(10-14(13)2)6-9-18-12-16(7-8-16)11-17-3/h4-5,10,17-18H,6-9,11-12H2,1-3H3. The van der Waals surface area contributed by atoms with Gasteiger partial charge in [-0.1, -0.05) is 18.2 Å². The maximum Gasteiger partial charge on any atom is 0.00201 e. The molecule has 0 amide bonds. The highest BCUT2D eigenvalue weighted by Crippen LogP contribution is 2.44. The highest BCUT2D eigenvalue weighted by molar-refractivity contribution is 5.30. The molecule has 0 aliphatic heterocycles. The van der Waals surface area contributed by atoms with Gasteiger partial charge in [0.15, 0.2) is 0 Å². The monoisotopic (exact) mass is 246 g/mol. The molecule has 0 atom stereocenters. The Hall–Kier alpha value is -0.860. The van der Waals surface area contributed by atoms with Crippen LogP contribution in [0.2, 0.25) is 0 Å². The van der Waals surface area contributed by atoms with Crippen molar-refractivity contribution in [2.45, 2.75) is 33.1 Å². The van der Waals surface area contributed by atoms with E-state index in [0.717, 1.165) is 19.5 Å². The third-order valence-corrected chi connectivity index (χ3v) is 4.17. The van der Waals surface area contributed by atoms with E-state index in [0.29, 0.717) is 5.41 Å². The van der Waals surface area contributed by atoms with Crippen molar-refractivity contribution in [1.82, 2.24) is 10.6 Å². The fourth-order valence-corrected chi connectivity index (χ4v) is 2.51. The van der Waals surface area contributed by atoms with Crippen LogP contribution in [0.3, 0.4) is 0 Å².